The molecule has 2 aromatic heterocycles. The predicted molar refractivity (Wildman–Crippen MR) is 321 cm³/mol. The third kappa shape index (κ3) is 30.7. The predicted octanol–water partition coefficient (Wildman–Crippen LogP) is 9.33. The number of amides is 1. The maximum atomic E-state index is 13.0. The number of halogens is 6. The summed E-state index contributed by atoms with van der Waals surface area (Å²) in [5, 5.41) is 35.7. The summed E-state index contributed by atoms with van der Waals surface area (Å²) in [5.41, 5.74) is 7.22. The highest BCUT2D eigenvalue weighted by Crippen LogP contribution is 2.32. The van der Waals surface area contributed by atoms with Crippen molar-refractivity contribution in [2.75, 3.05) is 92.4 Å². The van der Waals surface area contributed by atoms with Crippen molar-refractivity contribution in [2.24, 2.45) is 19.8 Å². The minimum atomic E-state index is -4.41. The van der Waals surface area contributed by atoms with Crippen LogP contribution >= 0.6 is 0 Å². The highest BCUT2D eigenvalue weighted by molar-refractivity contribution is 5.97. The number of tetrazole rings is 2. The number of Topliss-reactive ketones (excluding diaryl/α,β-unsaturated/α-hetero) is 1. The van der Waals surface area contributed by atoms with E-state index in [1.807, 2.05) is 41.5 Å². The molecule has 0 aliphatic carbocycles. The van der Waals surface area contributed by atoms with Gasteiger partial charge in [-0.2, -0.15) is 35.9 Å². The highest BCUT2D eigenvalue weighted by atomic mass is 19.4. The number of carbonyl (C=O) groups is 4. The van der Waals surface area contributed by atoms with Gasteiger partial charge < -0.3 is 54.1 Å². The van der Waals surface area contributed by atoms with E-state index >= 15 is 0 Å². The molecule has 0 aliphatic rings. The van der Waals surface area contributed by atoms with Crippen LogP contribution in [0.5, 0.6) is 0 Å². The summed E-state index contributed by atoms with van der Waals surface area (Å²) in [6, 6.07) is 19.4. The Morgan fingerprint density at radius 2 is 0.912 bits per heavy atom. The van der Waals surface area contributed by atoms with Crippen LogP contribution in [0.15, 0.2) is 84.9 Å². The quantitative estimate of drug-likeness (QED) is 0.0150. The topological polar surface area (TPSA) is 288 Å². The number of nitrogens with two attached hydrogens (primary N) is 1. The number of nitrogens with zero attached hydrogens (tertiary/aromatic N) is 8. The summed E-state index contributed by atoms with van der Waals surface area (Å²) in [6.07, 6.45) is -6.92. The molecule has 500 valence electrons. The van der Waals surface area contributed by atoms with Crippen molar-refractivity contribution in [1.29, 1.82) is 0 Å². The van der Waals surface area contributed by atoms with Gasteiger partial charge in [0.25, 0.3) is 0 Å². The number of carbonyl (C=O) groups excluding carboxylic acids is 3. The Kier molecular flexibility index (Phi) is 31.7. The lowest BCUT2D eigenvalue weighted by Gasteiger charge is -2.19. The Morgan fingerprint density at radius 1 is 0.516 bits per heavy atom. The third-order valence-electron chi connectivity index (χ3n) is 12.1. The van der Waals surface area contributed by atoms with Gasteiger partial charge in [-0.25, -0.2) is 9.59 Å². The van der Waals surface area contributed by atoms with Crippen LogP contribution in [0.1, 0.15) is 121 Å². The standard InChI is InChI=1S/C32H41F3N4O6.C17H13F3N4O2.C13H28N2O5/c1-31(2,3)45-29(41)8-6-16-43-18-20-44-19-17-42-15-5-7-28(40)25-12-11-24(27(22-25)30-36-38-39(4)37-30)21-23-9-13-26(14-10-23)32(33,34)35;1-24-22-15(21-23-24)14-9-12(16(25)26)5-4-11(14)8-10-2-6-13(7-3-10)17(18,19)20;1-13(2,3)20-12(16)15-5-7-18-9-11-19-10-8-17-6-4-14/h9-14,22H,5-8,15-21H2,1-4H3;2-7,9H,8H2,1H3,(H,25,26);4-11,14H2,1-3H3,(H,15,16). The number of nitrogens with one attached hydrogen (secondary N) is 1. The lowest BCUT2D eigenvalue weighted by atomic mass is 9.95. The Bertz CT molecular complexity index is 3150. The van der Waals surface area contributed by atoms with Crippen molar-refractivity contribution in [3.63, 3.8) is 0 Å². The number of rotatable bonds is 33. The van der Waals surface area contributed by atoms with E-state index in [2.05, 4.69) is 36.1 Å². The van der Waals surface area contributed by atoms with Gasteiger partial charge in [-0.3, -0.25) is 9.59 Å². The summed E-state index contributed by atoms with van der Waals surface area (Å²) < 4.78 is 119. The van der Waals surface area contributed by atoms with Crippen LogP contribution in [0, 0.1) is 0 Å². The first-order valence-electron chi connectivity index (χ1n) is 29.2. The molecule has 2 heterocycles. The SMILES string of the molecule is CC(C)(C)OC(=O)NCCOCCOCCOCCN.Cn1nnc(-c2cc(C(=O)CCCOCCOCCOCCCC(=O)OC(C)(C)C)ccc2Cc2ccc(C(F)(F)F)cc2)n1.Cn1nnc(-c2cc(C(=O)O)ccc2Cc2ccc(C(F)(F)F)cc2)n1. The van der Waals surface area contributed by atoms with Crippen LogP contribution in [0.4, 0.5) is 31.1 Å². The number of aryl methyl sites for hydroxylation is 2. The highest BCUT2D eigenvalue weighted by Gasteiger charge is 2.31. The summed E-state index contributed by atoms with van der Waals surface area (Å²) in [6.45, 7) is 17.3. The van der Waals surface area contributed by atoms with Crippen molar-refractivity contribution >= 4 is 23.8 Å². The molecule has 0 atom stereocenters. The lowest BCUT2D eigenvalue weighted by Crippen LogP contribution is -2.34. The number of benzene rings is 4. The van der Waals surface area contributed by atoms with Crippen molar-refractivity contribution < 1.29 is 88.5 Å². The molecule has 0 spiro atoms. The molecule has 1 amide bonds. The number of ether oxygens (including phenoxy) is 8. The van der Waals surface area contributed by atoms with Gasteiger partial charge in [0.1, 0.15) is 11.2 Å². The molecule has 29 heteroatoms. The van der Waals surface area contributed by atoms with Gasteiger partial charge >= 0.3 is 30.4 Å². The number of alkyl carbamates (subject to hydrolysis) is 1. The first-order valence-corrected chi connectivity index (χ1v) is 29.2. The Hall–Kier alpha value is -7.80. The van der Waals surface area contributed by atoms with Crippen molar-refractivity contribution in [3.05, 3.63) is 129 Å². The summed E-state index contributed by atoms with van der Waals surface area (Å²) in [4.78, 5) is 49.6. The number of aromatic carboxylic acids is 1. The minimum Gasteiger partial charge on any atom is -0.478 e. The first kappa shape index (κ1) is 75.7. The molecule has 0 saturated carbocycles. The van der Waals surface area contributed by atoms with E-state index in [0.717, 1.165) is 29.8 Å². The second kappa shape index (κ2) is 38.1. The summed E-state index contributed by atoms with van der Waals surface area (Å²) in [5.74, 6) is -0.847. The van der Waals surface area contributed by atoms with Crippen LogP contribution in [0.2, 0.25) is 0 Å². The third-order valence-corrected chi connectivity index (χ3v) is 12.1. The molecular weight excluding hydrogens is 1210 g/mol. The second-order valence-corrected chi connectivity index (χ2v) is 22.1. The fraction of sp³-hybridized carbons (Fsp3) is 0.516. The van der Waals surface area contributed by atoms with Gasteiger partial charge in [0, 0.05) is 55.8 Å². The van der Waals surface area contributed by atoms with E-state index in [1.165, 1.54) is 46.0 Å². The summed E-state index contributed by atoms with van der Waals surface area (Å²) in [7, 11) is 3.20. The largest absolute Gasteiger partial charge is 0.478 e. The van der Waals surface area contributed by atoms with E-state index in [1.54, 1.807) is 38.4 Å². The van der Waals surface area contributed by atoms with Gasteiger partial charge in [-0.1, -0.05) is 42.5 Å². The average Bonchev–Trinajstić information content (AvgIpc) is 2.07. The maximum absolute atomic E-state index is 13.0. The van der Waals surface area contributed by atoms with Gasteiger partial charge in [0.15, 0.2) is 5.78 Å². The number of hydrogen-bond donors (Lipinski definition) is 3. The molecule has 0 radical (unpaired) electrons. The number of ketones is 1. The number of carboxylic acid groups (broad SMARTS) is 1. The molecule has 23 nitrogen and oxygen atoms in total. The van der Waals surface area contributed by atoms with Gasteiger partial charge in [-0.05, 0) is 142 Å². The number of hydrogen-bond acceptors (Lipinski definition) is 19. The Labute approximate surface area is 524 Å². The molecule has 0 aliphatic heterocycles. The zero-order valence-corrected chi connectivity index (χ0v) is 52.5. The van der Waals surface area contributed by atoms with Gasteiger partial charge in [0.2, 0.25) is 11.6 Å². The lowest BCUT2D eigenvalue weighted by molar-refractivity contribution is -0.155. The zero-order valence-electron chi connectivity index (χ0n) is 52.5. The summed E-state index contributed by atoms with van der Waals surface area (Å²) >= 11 is 0. The van der Waals surface area contributed by atoms with Gasteiger partial charge in [0.05, 0.1) is 96.9 Å². The fourth-order valence-electron chi connectivity index (χ4n) is 7.93. The molecule has 6 rings (SSSR count). The smallest absolute Gasteiger partial charge is 0.416 e. The Morgan fingerprint density at radius 3 is 1.31 bits per heavy atom. The monoisotopic (exact) mass is 1290 g/mol. The fourth-order valence-corrected chi connectivity index (χ4v) is 7.93. The van der Waals surface area contributed by atoms with E-state index in [4.69, 9.17) is 43.6 Å². The normalized spacial score (nSPS) is 11.7. The molecule has 4 N–H and O–H groups in total. The number of aromatic nitrogens is 8. The van der Waals surface area contributed by atoms with Crippen LogP contribution in [-0.2, 0) is 82.0 Å². The van der Waals surface area contributed by atoms with Gasteiger partial charge in [-0.15, -0.1) is 20.4 Å². The number of esters is 1. The van der Waals surface area contributed by atoms with Crippen molar-refractivity contribution in [1.82, 2.24) is 45.7 Å². The van der Waals surface area contributed by atoms with E-state index in [9.17, 15) is 50.6 Å². The van der Waals surface area contributed by atoms with Crippen LogP contribution in [0.25, 0.3) is 22.8 Å². The van der Waals surface area contributed by atoms with Crippen molar-refractivity contribution in [3.8, 4) is 22.8 Å². The zero-order chi connectivity index (χ0) is 67.0. The maximum Gasteiger partial charge on any atom is 0.416 e. The molecule has 0 saturated heterocycles. The van der Waals surface area contributed by atoms with E-state index in [-0.39, 0.29) is 29.6 Å². The average molecular weight is 1290 g/mol. The molecule has 91 heavy (non-hydrogen) atoms. The molecule has 4 aromatic carbocycles. The molecule has 0 fully saturated rings. The minimum absolute atomic E-state index is 0.0589. The number of carboxylic acids is 1. The number of alkyl halides is 6. The van der Waals surface area contributed by atoms with Crippen LogP contribution < -0.4 is 11.1 Å². The molecule has 0 unspecified atom stereocenters. The molecule has 0 bridgehead atoms. The van der Waals surface area contributed by atoms with Crippen LogP contribution in [-0.4, -0.2) is 173 Å². The van der Waals surface area contributed by atoms with Crippen molar-refractivity contribution in [2.45, 2.75) is 104 Å². The van der Waals surface area contributed by atoms with E-state index in [0.29, 0.717) is 164 Å². The van der Waals surface area contributed by atoms with E-state index < -0.39 is 46.7 Å². The van der Waals surface area contributed by atoms with Crippen LogP contribution in [0.3, 0.4) is 0 Å². The molecular formula is C62H82F6N10O13. The second-order valence-electron chi connectivity index (χ2n) is 22.1. The Balaban J connectivity index is 0.000000323. The molecule has 6 aromatic rings. The first-order chi connectivity index (χ1) is 43.0.